The van der Waals surface area contributed by atoms with Crippen LogP contribution in [0.2, 0.25) is 0 Å². The summed E-state index contributed by atoms with van der Waals surface area (Å²) in [5.74, 6) is -0.871. The minimum Gasteiger partial charge on any atom is -0.379 e. The largest absolute Gasteiger partial charge is 0.416 e. The van der Waals surface area contributed by atoms with E-state index in [1.807, 2.05) is 0 Å². The third kappa shape index (κ3) is 7.06. The molecular formula is C26H23F6NO4S. The fraction of sp³-hybridized carbons (Fsp3) is 0.269. The van der Waals surface area contributed by atoms with Gasteiger partial charge in [-0.25, -0.2) is 0 Å². The van der Waals surface area contributed by atoms with Crippen molar-refractivity contribution in [1.29, 1.82) is 0 Å². The van der Waals surface area contributed by atoms with E-state index in [2.05, 4.69) is 0 Å². The van der Waals surface area contributed by atoms with Gasteiger partial charge in [0.1, 0.15) is 10.6 Å². The molecule has 5 nitrogen and oxygen atoms in total. The highest BCUT2D eigenvalue weighted by Crippen LogP contribution is 2.32. The van der Waals surface area contributed by atoms with Crippen molar-refractivity contribution in [3.63, 3.8) is 0 Å². The highest BCUT2D eigenvalue weighted by molar-refractivity contribution is 7.87. The highest BCUT2D eigenvalue weighted by atomic mass is 32.2. The third-order valence-corrected chi connectivity index (χ3v) is 6.97. The summed E-state index contributed by atoms with van der Waals surface area (Å²) in [5, 5.41) is 0. The molecule has 0 aliphatic heterocycles. The van der Waals surface area contributed by atoms with Crippen LogP contribution in [-0.4, -0.2) is 25.3 Å². The van der Waals surface area contributed by atoms with Gasteiger partial charge in [-0.3, -0.25) is 4.79 Å². The minimum atomic E-state index is -4.75. The van der Waals surface area contributed by atoms with Gasteiger partial charge in [0.05, 0.1) is 11.1 Å². The van der Waals surface area contributed by atoms with E-state index in [1.165, 1.54) is 29.2 Å². The summed E-state index contributed by atoms with van der Waals surface area (Å²) in [7, 11) is -4.63. The van der Waals surface area contributed by atoms with Crippen molar-refractivity contribution in [3.05, 3.63) is 95.1 Å². The Hall–Kier alpha value is -3.54. The van der Waals surface area contributed by atoms with E-state index < -0.39 is 50.4 Å². The number of carbonyl (C=O) groups is 1. The maximum atomic E-state index is 13.2. The number of halogens is 6. The van der Waals surface area contributed by atoms with Gasteiger partial charge in [-0.15, -0.1) is 0 Å². The first kappa shape index (κ1) is 29.0. The van der Waals surface area contributed by atoms with Gasteiger partial charge in [-0.2, -0.15) is 34.8 Å². The molecule has 204 valence electrons. The Kier molecular flexibility index (Phi) is 8.45. The maximum Gasteiger partial charge on any atom is 0.416 e. The molecule has 0 heterocycles. The number of hydrogen-bond donors (Lipinski definition) is 0. The molecular weight excluding hydrogens is 536 g/mol. The Balaban J connectivity index is 1.87. The number of hydrogen-bond acceptors (Lipinski definition) is 4. The van der Waals surface area contributed by atoms with Gasteiger partial charge in [-0.1, -0.05) is 31.2 Å². The SMILES string of the molecule is CCC(C)N(Cc1cccc(OS(=O)(=O)c2cccc(C(F)(F)F)c2)c1)C(=O)c1cccc(C(F)(F)F)c1. The normalized spacial score (nSPS) is 13.2. The van der Waals surface area contributed by atoms with Crippen molar-refractivity contribution in [3.8, 4) is 5.75 Å². The standard InChI is InChI=1S/C26H23F6NO4S/c1-3-17(2)33(24(34)19-8-5-9-20(14-19)25(27,28)29)16-18-7-4-11-22(13-18)37-38(35,36)23-12-6-10-21(15-23)26(30,31)32/h4-15,17H,3,16H2,1-2H3. The Morgan fingerprint density at radius 2 is 1.45 bits per heavy atom. The van der Waals surface area contributed by atoms with Gasteiger partial charge in [0, 0.05) is 18.2 Å². The van der Waals surface area contributed by atoms with Crippen molar-refractivity contribution < 1.29 is 43.7 Å². The molecule has 0 N–H and O–H groups in total. The molecule has 3 aromatic carbocycles. The van der Waals surface area contributed by atoms with E-state index in [-0.39, 0.29) is 17.9 Å². The maximum absolute atomic E-state index is 13.2. The Morgan fingerprint density at radius 3 is 2.05 bits per heavy atom. The lowest BCUT2D eigenvalue weighted by Gasteiger charge is -2.29. The summed E-state index contributed by atoms with van der Waals surface area (Å²) in [5.41, 5.74) is -1.90. The van der Waals surface area contributed by atoms with Crippen LogP contribution < -0.4 is 4.18 Å². The molecule has 0 aliphatic carbocycles. The number of nitrogens with zero attached hydrogens (tertiary/aromatic N) is 1. The first-order chi connectivity index (χ1) is 17.6. The van der Waals surface area contributed by atoms with Gasteiger partial charge in [0.2, 0.25) is 0 Å². The number of alkyl halides is 6. The van der Waals surface area contributed by atoms with Gasteiger partial charge in [0.15, 0.2) is 0 Å². The molecule has 0 bridgehead atoms. The Labute approximate surface area is 215 Å². The second-order valence-corrected chi connectivity index (χ2v) is 10.0. The summed E-state index contributed by atoms with van der Waals surface area (Å²) in [6.45, 7) is 3.41. The van der Waals surface area contributed by atoms with Crippen molar-refractivity contribution >= 4 is 16.0 Å². The van der Waals surface area contributed by atoms with E-state index in [0.717, 1.165) is 36.4 Å². The molecule has 0 radical (unpaired) electrons. The van der Waals surface area contributed by atoms with E-state index in [0.29, 0.717) is 18.1 Å². The van der Waals surface area contributed by atoms with Crippen LogP contribution >= 0.6 is 0 Å². The van der Waals surface area contributed by atoms with Crippen LogP contribution in [0.15, 0.2) is 77.7 Å². The molecule has 0 aliphatic rings. The molecule has 38 heavy (non-hydrogen) atoms. The molecule has 1 amide bonds. The second kappa shape index (κ2) is 11.1. The first-order valence-corrected chi connectivity index (χ1v) is 12.7. The van der Waals surface area contributed by atoms with Crippen molar-refractivity contribution in [2.24, 2.45) is 0 Å². The van der Waals surface area contributed by atoms with Crippen molar-refractivity contribution in [2.75, 3.05) is 0 Å². The predicted octanol–water partition coefficient (Wildman–Crippen LogP) is 6.93. The average Bonchev–Trinajstić information content (AvgIpc) is 2.85. The second-order valence-electron chi connectivity index (χ2n) is 8.48. The zero-order valence-electron chi connectivity index (χ0n) is 20.2. The topological polar surface area (TPSA) is 63.7 Å². The summed E-state index contributed by atoms with van der Waals surface area (Å²) in [4.78, 5) is 13.8. The Bertz CT molecular complexity index is 1400. The van der Waals surface area contributed by atoms with Crippen molar-refractivity contribution in [1.82, 2.24) is 4.90 Å². The molecule has 0 saturated heterocycles. The van der Waals surface area contributed by atoms with Crippen molar-refractivity contribution in [2.45, 2.75) is 50.1 Å². The zero-order valence-corrected chi connectivity index (χ0v) is 21.0. The van der Waals surface area contributed by atoms with E-state index in [4.69, 9.17) is 4.18 Å². The number of carbonyl (C=O) groups excluding carboxylic acids is 1. The fourth-order valence-electron chi connectivity index (χ4n) is 3.54. The first-order valence-electron chi connectivity index (χ1n) is 11.3. The number of rotatable bonds is 8. The van der Waals surface area contributed by atoms with E-state index >= 15 is 0 Å². The fourth-order valence-corrected chi connectivity index (χ4v) is 4.51. The van der Waals surface area contributed by atoms with Crippen LogP contribution in [0.3, 0.4) is 0 Å². The molecule has 3 rings (SSSR count). The monoisotopic (exact) mass is 559 g/mol. The van der Waals surface area contributed by atoms with Crippen LogP contribution in [0.1, 0.15) is 47.3 Å². The van der Waals surface area contributed by atoms with Gasteiger partial charge in [-0.05, 0) is 67.4 Å². The molecule has 1 unspecified atom stereocenters. The van der Waals surface area contributed by atoms with E-state index in [1.54, 1.807) is 19.9 Å². The predicted molar refractivity (Wildman–Crippen MR) is 127 cm³/mol. The van der Waals surface area contributed by atoms with E-state index in [9.17, 15) is 39.6 Å². The molecule has 1 atom stereocenters. The van der Waals surface area contributed by atoms with Crippen LogP contribution in [0.4, 0.5) is 26.3 Å². The summed E-state index contributed by atoms with van der Waals surface area (Å²) in [6.07, 6.45) is -8.91. The zero-order chi connectivity index (χ0) is 28.3. The lowest BCUT2D eigenvalue weighted by atomic mass is 10.1. The average molecular weight is 560 g/mol. The Morgan fingerprint density at radius 1 is 0.868 bits per heavy atom. The summed E-state index contributed by atoms with van der Waals surface area (Å²) >= 11 is 0. The molecule has 0 fully saturated rings. The summed E-state index contributed by atoms with van der Waals surface area (Å²) in [6, 6.07) is 12.3. The lowest BCUT2D eigenvalue weighted by molar-refractivity contribution is -0.138. The number of amides is 1. The van der Waals surface area contributed by atoms with Crippen LogP contribution in [-0.2, 0) is 29.0 Å². The molecule has 12 heteroatoms. The van der Waals surface area contributed by atoms with Gasteiger partial charge in [0.25, 0.3) is 5.91 Å². The molecule has 3 aromatic rings. The van der Waals surface area contributed by atoms with Gasteiger partial charge >= 0.3 is 22.5 Å². The van der Waals surface area contributed by atoms with Crippen LogP contribution in [0, 0.1) is 0 Å². The quantitative estimate of drug-likeness (QED) is 0.222. The minimum absolute atomic E-state index is 0.0924. The summed E-state index contributed by atoms with van der Waals surface area (Å²) < 4.78 is 109. The highest BCUT2D eigenvalue weighted by Gasteiger charge is 2.33. The lowest BCUT2D eigenvalue weighted by Crippen LogP contribution is -2.37. The molecule has 0 spiro atoms. The number of benzene rings is 3. The third-order valence-electron chi connectivity index (χ3n) is 5.73. The molecule has 0 aromatic heterocycles. The van der Waals surface area contributed by atoms with Crippen LogP contribution in [0.25, 0.3) is 0 Å². The van der Waals surface area contributed by atoms with Gasteiger partial charge < -0.3 is 9.08 Å². The van der Waals surface area contributed by atoms with Crippen LogP contribution in [0.5, 0.6) is 5.75 Å². The molecule has 0 saturated carbocycles. The smallest absolute Gasteiger partial charge is 0.379 e.